The third kappa shape index (κ3) is 5.99. The Hall–Kier alpha value is -9.96. The van der Waals surface area contributed by atoms with Crippen LogP contribution in [0.1, 0.15) is 22.3 Å². The summed E-state index contributed by atoms with van der Waals surface area (Å²) >= 11 is 0. The fourth-order valence-electron chi connectivity index (χ4n) is 13.5. The SMILES string of the molecule is c1ccc(-n2c3ccccc3c3cc(-c4ccc(N(c5ccc(-c6cccc7c6c6ccccc6n7-c6ccccc6)cc5)c5cccc6c5C5(c7ccccc7-c7ccccc75)c5ccccc5-6)cc4)ccc32)cc1. The molecule has 354 valence electrons. The summed E-state index contributed by atoms with van der Waals surface area (Å²) in [5.74, 6) is 0. The zero-order valence-electron chi connectivity index (χ0n) is 41.5. The zero-order valence-corrected chi connectivity index (χ0v) is 41.5. The van der Waals surface area contributed by atoms with Crippen molar-refractivity contribution in [1.82, 2.24) is 9.13 Å². The average Bonchev–Trinajstić information content (AvgIpc) is 4.39. The second-order valence-electron chi connectivity index (χ2n) is 20.3. The van der Waals surface area contributed by atoms with E-state index >= 15 is 0 Å². The van der Waals surface area contributed by atoms with E-state index in [-0.39, 0.29) is 0 Å². The average molecular weight is 966 g/mol. The summed E-state index contributed by atoms with van der Waals surface area (Å²) < 4.78 is 4.78. The molecule has 0 aliphatic heterocycles. The number of hydrogen-bond donors (Lipinski definition) is 0. The molecule has 12 aromatic carbocycles. The molecule has 2 aliphatic rings. The van der Waals surface area contributed by atoms with Crippen LogP contribution in [0, 0.1) is 0 Å². The molecule has 76 heavy (non-hydrogen) atoms. The minimum atomic E-state index is -0.537. The van der Waals surface area contributed by atoms with Crippen molar-refractivity contribution in [2.45, 2.75) is 5.41 Å². The lowest BCUT2D eigenvalue weighted by atomic mass is 9.70. The van der Waals surface area contributed by atoms with Crippen LogP contribution in [0.2, 0.25) is 0 Å². The van der Waals surface area contributed by atoms with Crippen molar-refractivity contribution in [1.29, 1.82) is 0 Å². The predicted molar refractivity (Wildman–Crippen MR) is 317 cm³/mol. The van der Waals surface area contributed by atoms with E-state index in [2.05, 4.69) is 299 Å². The van der Waals surface area contributed by atoms with Gasteiger partial charge in [-0.2, -0.15) is 0 Å². The Morgan fingerprint density at radius 1 is 0.276 bits per heavy atom. The lowest BCUT2D eigenvalue weighted by Gasteiger charge is -2.36. The Balaban J connectivity index is 0.891. The summed E-state index contributed by atoms with van der Waals surface area (Å²) in [4.78, 5) is 2.52. The van der Waals surface area contributed by atoms with Crippen molar-refractivity contribution in [2.24, 2.45) is 0 Å². The molecule has 2 aromatic heterocycles. The first-order valence-corrected chi connectivity index (χ1v) is 26.3. The lowest BCUT2D eigenvalue weighted by Crippen LogP contribution is -2.28. The van der Waals surface area contributed by atoms with Crippen molar-refractivity contribution in [3.8, 4) is 55.9 Å². The molecule has 0 unspecified atom stereocenters. The highest BCUT2D eigenvalue weighted by molar-refractivity contribution is 6.16. The molecule has 14 aromatic rings. The lowest BCUT2D eigenvalue weighted by molar-refractivity contribution is 0.793. The normalized spacial score (nSPS) is 12.8. The van der Waals surface area contributed by atoms with Gasteiger partial charge in [0.2, 0.25) is 0 Å². The molecule has 0 bridgehead atoms. The van der Waals surface area contributed by atoms with Crippen molar-refractivity contribution < 1.29 is 0 Å². The third-order valence-electron chi connectivity index (χ3n) is 16.5. The van der Waals surface area contributed by atoms with E-state index in [1.54, 1.807) is 0 Å². The standard InChI is InChI=1S/C73H47N3/c1-3-19-51(20-4-1)75-66-33-15-10-26-59(66)62-47-50(41-46-68(62)75)48-37-42-53(43-38-48)74(54-44-39-49(40-45-54)55-28-17-35-69-71(55)61-27-11-16-34-67(61)76(69)52-21-5-2-6-22-52)70-36-18-29-60-58-25-9-14-32-65(58)73(72(60)70)63-30-12-7-23-56(63)57-24-8-13-31-64(57)73/h1-47H. The number of aromatic nitrogens is 2. The monoisotopic (exact) mass is 965 g/mol. The van der Waals surface area contributed by atoms with E-state index in [1.165, 1.54) is 110 Å². The number of benzene rings is 12. The molecule has 0 saturated carbocycles. The third-order valence-corrected chi connectivity index (χ3v) is 16.5. The van der Waals surface area contributed by atoms with Crippen LogP contribution in [0.4, 0.5) is 17.1 Å². The van der Waals surface area contributed by atoms with Crippen LogP contribution < -0.4 is 4.90 Å². The van der Waals surface area contributed by atoms with Crippen LogP contribution in [0.15, 0.2) is 285 Å². The van der Waals surface area contributed by atoms with E-state index in [0.29, 0.717) is 0 Å². The zero-order chi connectivity index (χ0) is 49.9. The van der Waals surface area contributed by atoms with Crippen molar-refractivity contribution >= 4 is 60.7 Å². The number of hydrogen-bond acceptors (Lipinski definition) is 1. The highest BCUT2D eigenvalue weighted by Gasteiger charge is 2.53. The number of rotatable bonds is 7. The van der Waals surface area contributed by atoms with Crippen molar-refractivity contribution in [3.63, 3.8) is 0 Å². The summed E-state index contributed by atoms with van der Waals surface area (Å²) in [7, 11) is 0. The number of nitrogens with zero attached hydrogens (tertiary/aromatic N) is 3. The second-order valence-corrected chi connectivity index (χ2v) is 20.3. The van der Waals surface area contributed by atoms with Gasteiger partial charge < -0.3 is 14.0 Å². The number of para-hydroxylation sites is 4. The first kappa shape index (κ1) is 42.5. The number of anilines is 3. The maximum absolute atomic E-state index is 2.52. The Morgan fingerprint density at radius 2 is 0.711 bits per heavy atom. The molecular formula is C73H47N3. The second kappa shape index (κ2) is 16.5. The fraction of sp³-hybridized carbons (Fsp3) is 0.0137. The minimum Gasteiger partial charge on any atom is -0.310 e. The highest BCUT2D eigenvalue weighted by Crippen LogP contribution is 2.65. The highest BCUT2D eigenvalue weighted by atomic mass is 15.1. The van der Waals surface area contributed by atoms with Gasteiger partial charge in [0, 0.05) is 49.9 Å². The molecule has 0 fully saturated rings. The molecule has 0 saturated heterocycles. The summed E-state index contributed by atoms with van der Waals surface area (Å²) in [6, 6.07) is 106. The topological polar surface area (TPSA) is 13.1 Å². The van der Waals surface area contributed by atoms with E-state index in [1.807, 2.05) is 0 Å². The van der Waals surface area contributed by atoms with Gasteiger partial charge in [0.1, 0.15) is 0 Å². The maximum atomic E-state index is 2.52. The Bertz CT molecular complexity index is 4550. The van der Waals surface area contributed by atoms with Gasteiger partial charge in [-0.1, -0.05) is 200 Å². The first-order chi connectivity index (χ1) is 37.7. The molecule has 0 amide bonds. The Kier molecular flexibility index (Phi) is 9.25. The Morgan fingerprint density at radius 3 is 1.34 bits per heavy atom. The first-order valence-electron chi connectivity index (χ1n) is 26.3. The van der Waals surface area contributed by atoms with Crippen LogP contribution in [0.25, 0.3) is 99.5 Å². The Labute approximate surface area is 441 Å². The molecule has 2 heterocycles. The van der Waals surface area contributed by atoms with Crippen LogP contribution in [-0.4, -0.2) is 9.13 Å². The summed E-state index contributed by atoms with van der Waals surface area (Å²) in [5, 5.41) is 4.98. The molecule has 16 rings (SSSR count). The van der Waals surface area contributed by atoms with Gasteiger partial charge in [0.05, 0.1) is 33.2 Å². The van der Waals surface area contributed by atoms with Gasteiger partial charge in [0.15, 0.2) is 0 Å². The molecule has 1 spiro atoms. The largest absolute Gasteiger partial charge is 0.310 e. The molecule has 2 aliphatic carbocycles. The van der Waals surface area contributed by atoms with Gasteiger partial charge in [-0.15, -0.1) is 0 Å². The van der Waals surface area contributed by atoms with Gasteiger partial charge in [-0.25, -0.2) is 0 Å². The van der Waals surface area contributed by atoms with Crippen LogP contribution in [-0.2, 0) is 5.41 Å². The minimum absolute atomic E-state index is 0.537. The van der Waals surface area contributed by atoms with Crippen molar-refractivity contribution in [3.05, 3.63) is 307 Å². The molecular weight excluding hydrogens is 919 g/mol. The van der Waals surface area contributed by atoms with Gasteiger partial charge >= 0.3 is 0 Å². The smallest absolute Gasteiger partial charge is 0.0746 e. The van der Waals surface area contributed by atoms with E-state index < -0.39 is 5.41 Å². The molecule has 3 heteroatoms. The molecule has 0 atom stereocenters. The van der Waals surface area contributed by atoms with Gasteiger partial charge in [-0.05, 0) is 146 Å². The van der Waals surface area contributed by atoms with Crippen LogP contribution in [0.5, 0.6) is 0 Å². The summed E-state index contributed by atoms with van der Waals surface area (Å²) in [5.41, 5.74) is 25.1. The quantitative estimate of drug-likeness (QED) is 0.155. The maximum Gasteiger partial charge on any atom is 0.0746 e. The summed E-state index contributed by atoms with van der Waals surface area (Å²) in [6.07, 6.45) is 0. The van der Waals surface area contributed by atoms with E-state index in [4.69, 9.17) is 0 Å². The van der Waals surface area contributed by atoms with E-state index in [9.17, 15) is 0 Å². The van der Waals surface area contributed by atoms with Gasteiger partial charge in [-0.3, -0.25) is 0 Å². The molecule has 3 nitrogen and oxygen atoms in total. The van der Waals surface area contributed by atoms with Gasteiger partial charge in [0.25, 0.3) is 0 Å². The van der Waals surface area contributed by atoms with Crippen LogP contribution >= 0.6 is 0 Å². The van der Waals surface area contributed by atoms with E-state index in [0.717, 1.165) is 28.4 Å². The predicted octanol–water partition coefficient (Wildman–Crippen LogP) is 19.0. The summed E-state index contributed by atoms with van der Waals surface area (Å²) in [6.45, 7) is 0. The molecule has 0 radical (unpaired) electrons. The number of fused-ring (bicyclic) bond motifs is 16. The molecule has 0 N–H and O–H groups in total. The fourth-order valence-corrected chi connectivity index (χ4v) is 13.5. The van der Waals surface area contributed by atoms with Crippen LogP contribution in [0.3, 0.4) is 0 Å². The van der Waals surface area contributed by atoms with Crippen molar-refractivity contribution in [2.75, 3.05) is 4.90 Å².